The van der Waals surface area contributed by atoms with Crippen molar-refractivity contribution in [3.05, 3.63) is 65.2 Å². The first kappa shape index (κ1) is 15.9. The molecular formula is C19H15N3OS2. The average molecular weight is 365 g/mol. The number of para-hydroxylation sites is 1. The number of nitrogens with one attached hydrogen (secondary N) is 1. The van der Waals surface area contributed by atoms with Crippen LogP contribution >= 0.6 is 22.7 Å². The lowest BCUT2D eigenvalue weighted by Crippen LogP contribution is -2.14. The molecule has 0 atom stereocenters. The van der Waals surface area contributed by atoms with E-state index in [-0.39, 0.29) is 12.3 Å². The molecule has 0 bridgehead atoms. The molecule has 1 N–H and O–H groups in total. The summed E-state index contributed by atoms with van der Waals surface area (Å²) in [5.41, 5.74) is 3.91. The Kier molecular flexibility index (Phi) is 4.29. The van der Waals surface area contributed by atoms with Gasteiger partial charge in [0.25, 0.3) is 0 Å². The van der Waals surface area contributed by atoms with Crippen LogP contribution in [0.15, 0.2) is 53.9 Å². The first-order chi connectivity index (χ1) is 12.2. The molecule has 4 aromatic rings. The number of hydrogen-bond donors (Lipinski definition) is 1. The highest BCUT2D eigenvalue weighted by molar-refractivity contribution is 7.22. The molecule has 25 heavy (non-hydrogen) atoms. The minimum atomic E-state index is -0.0957. The molecular weight excluding hydrogens is 350 g/mol. The molecule has 2 aromatic carbocycles. The predicted octanol–water partition coefficient (Wildman–Crippen LogP) is 4.91. The van der Waals surface area contributed by atoms with Gasteiger partial charge < -0.3 is 5.32 Å². The zero-order valence-electron chi connectivity index (χ0n) is 13.5. The molecule has 4 nitrogen and oxygen atoms in total. The van der Waals surface area contributed by atoms with Gasteiger partial charge in [0.2, 0.25) is 5.91 Å². The van der Waals surface area contributed by atoms with E-state index in [2.05, 4.69) is 15.3 Å². The Morgan fingerprint density at radius 2 is 1.92 bits per heavy atom. The van der Waals surface area contributed by atoms with E-state index < -0.39 is 0 Å². The maximum absolute atomic E-state index is 12.3. The Hall–Kier alpha value is -2.57. The van der Waals surface area contributed by atoms with Crippen molar-refractivity contribution in [2.24, 2.45) is 0 Å². The summed E-state index contributed by atoms with van der Waals surface area (Å²) in [6.45, 7) is 2.02. The number of carbonyl (C=O) groups excluding carboxylic acids is 1. The fourth-order valence-electron chi connectivity index (χ4n) is 2.57. The second-order valence-corrected chi connectivity index (χ2v) is 7.56. The van der Waals surface area contributed by atoms with Crippen LogP contribution in [0.5, 0.6) is 0 Å². The standard InChI is InChI=1S/C19H15N3OS2/c1-12-6-5-9-15-17(12)22-19(25-15)21-16(23)10-14-11-24-18(20-14)13-7-3-2-4-8-13/h2-9,11H,10H2,1H3,(H,21,22,23). The monoisotopic (exact) mass is 365 g/mol. The van der Waals surface area contributed by atoms with E-state index >= 15 is 0 Å². The fraction of sp³-hybridized carbons (Fsp3) is 0.105. The number of carbonyl (C=O) groups is 1. The molecule has 2 aromatic heterocycles. The number of aryl methyl sites for hydroxylation is 1. The molecule has 0 saturated carbocycles. The van der Waals surface area contributed by atoms with E-state index in [1.807, 2.05) is 60.8 Å². The highest BCUT2D eigenvalue weighted by Gasteiger charge is 2.12. The summed E-state index contributed by atoms with van der Waals surface area (Å²) in [6, 6.07) is 16.0. The third-order valence-corrected chi connectivity index (χ3v) is 5.66. The molecule has 0 aliphatic rings. The van der Waals surface area contributed by atoms with E-state index in [4.69, 9.17) is 0 Å². The number of aromatic nitrogens is 2. The Morgan fingerprint density at radius 3 is 2.72 bits per heavy atom. The predicted molar refractivity (Wildman–Crippen MR) is 104 cm³/mol. The van der Waals surface area contributed by atoms with Crippen LogP contribution < -0.4 is 5.32 Å². The maximum Gasteiger partial charge on any atom is 0.232 e. The molecule has 0 fully saturated rings. The van der Waals surface area contributed by atoms with Crippen molar-refractivity contribution in [3.8, 4) is 10.6 Å². The van der Waals surface area contributed by atoms with Crippen LogP contribution in [0, 0.1) is 6.92 Å². The molecule has 0 unspecified atom stereocenters. The Bertz CT molecular complexity index is 1040. The zero-order chi connectivity index (χ0) is 17.2. The molecule has 2 heterocycles. The van der Waals surface area contributed by atoms with Crippen molar-refractivity contribution in [1.29, 1.82) is 0 Å². The number of anilines is 1. The zero-order valence-corrected chi connectivity index (χ0v) is 15.2. The van der Waals surface area contributed by atoms with Gasteiger partial charge >= 0.3 is 0 Å². The minimum Gasteiger partial charge on any atom is -0.302 e. The number of rotatable bonds is 4. The maximum atomic E-state index is 12.3. The van der Waals surface area contributed by atoms with Crippen molar-refractivity contribution in [3.63, 3.8) is 0 Å². The Labute approximate surface area is 153 Å². The Balaban J connectivity index is 1.47. The molecule has 4 rings (SSSR count). The lowest BCUT2D eigenvalue weighted by atomic mass is 10.2. The average Bonchev–Trinajstić information content (AvgIpc) is 3.23. The normalized spacial score (nSPS) is 10.9. The van der Waals surface area contributed by atoms with Gasteiger partial charge in [0.05, 0.1) is 22.3 Å². The summed E-state index contributed by atoms with van der Waals surface area (Å²) in [5.74, 6) is -0.0957. The lowest BCUT2D eigenvalue weighted by Gasteiger charge is -1.99. The summed E-state index contributed by atoms with van der Waals surface area (Å²) in [5, 5.41) is 6.39. The highest BCUT2D eigenvalue weighted by atomic mass is 32.1. The fourth-order valence-corrected chi connectivity index (χ4v) is 4.35. The molecule has 0 spiro atoms. The van der Waals surface area contributed by atoms with Crippen LogP contribution in [-0.4, -0.2) is 15.9 Å². The number of benzene rings is 2. The van der Waals surface area contributed by atoms with Crippen LogP contribution in [0.3, 0.4) is 0 Å². The van der Waals surface area contributed by atoms with Gasteiger partial charge in [0, 0.05) is 10.9 Å². The number of fused-ring (bicyclic) bond motifs is 1. The summed E-state index contributed by atoms with van der Waals surface area (Å²) in [4.78, 5) is 21.4. The molecule has 0 saturated heterocycles. The molecule has 124 valence electrons. The van der Waals surface area contributed by atoms with Crippen LogP contribution in [0.25, 0.3) is 20.8 Å². The highest BCUT2D eigenvalue weighted by Crippen LogP contribution is 2.28. The quantitative estimate of drug-likeness (QED) is 0.559. The topological polar surface area (TPSA) is 54.9 Å². The second-order valence-electron chi connectivity index (χ2n) is 5.68. The first-order valence-corrected chi connectivity index (χ1v) is 9.54. The van der Waals surface area contributed by atoms with E-state index in [0.29, 0.717) is 5.13 Å². The van der Waals surface area contributed by atoms with Gasteiger partial charge in [-0.15, -0.1) is 11.3 Å². The van der Waals surface area contributed by atoms with Crippen LogP contribution in [0.2, 0.25) is 0 Å². The second kappa shape index (κ2) is 6.74. The van der Waals surface area contributed by atoms with Crippen molar-refractivity contribution in [2.45, 2.75) is 13.3 Å². The van der Waals surface area contributed by atoms with Crippen LogP contribution in [-0.2, 0) is 11.2 Å². The van der Waals surface area contributed by atoms with Gasteiger partial charge in [0.15, 0.2) is 5.13 Å². The van der Waals surface area contributed by atoms with Crippen molar-refractivity contribution in [2.75, 3.05) is 5.32 Å². The van der Waals surface area contributed by atoms with Crippen molar-refractivity contribution < 1.29 is 4.79 Å². The molecule has 1 amide bonds. The summed E-state index contributed by atoms with van der Waals surface area (Å²) in [7, 11) is 0. The van der Waals surface area contributed by atoms with Gasteiger partial charge in [-0.05, 0) is 18.6 Å². The SMILES string of the molecule is Cc1cccc2sc(NC(=O)Cc3csc(-c4ccccc4)n3)nc12. The van der Waals surface area contributed by atoms with Gasteiger partial charge in [-0.2, -0.15) is 0 Å². The molecule has 0 aliphatic heterocycles. The third-order valence-electron chi connectivity index (χ3n) is 3.78. The number of amides is 1. The summed E-state index contributed by atoms with van der Waals surface area (Å²) >= 11 is 3.04. The molecule has 0 radical (unpaired) electrons. The lowest BCUT2D eigenvalue weighted by molar-refractivity contribution is -0.115. The van der Waals surface area contributed by atoms with E-state index in [1.54, 1.807) is 11.3 Å². The van der Waals surface area contributed by atoms with Gasteiger partial charge in [-0.1, -0.05) is 53.8 Å². The van der Waals surface area contributed by atoms with Crippen molar-refractivity contribution >= 4 is 43.9 Å². The molecule has 0 aliphatic carbocycles. The molecule has 6 heteroatoms. The van der Waals surface area contributed by atoms with Gasteiger partial charge in [0.1, 0.15) is 5.01 Å². The van der Waals surface area contributed by atoms with Crippen LogP contribution in [0.4, 0.5) is 5.13 Å². The van der Waals surface area contributed by atoms with Crippen molar-refractivity contribution in [1.82, 2.24) is 9.97 Å². The van der Waals surface area contributed by atoms with E-state index in [0.717, 1.165) is 32.0 Å². The van der Waals surface area contributed by atoms with E-state index in [1.165, 1.54) is 11.3 Å². The number of hydrogen-bond acceptors (Lipinski definition) is 5. The number of thiazole rings is 2. The summed E-state index contributed by atoms with van der Waals surface area (Å²) < 4.78 is 1.08. The minimum absolute atomic E-state index is 0.0957. The summed E-state index contributed by atoms with van der Waals surface area (Å²) in [6.07, 6.45) is 0.248. The van der Waals surface area contributed by atoms with Gasteiger partial charge in [-0.3, -0.25) is 4.79 Å². The van der Waals surface area contributed by atoms with Crippen LogP contribution in [0.1, 0.15) is 11.3 Å². The smallest absolute Gasteiger partial charge is 0.232 e. The first-order valence-electron chi connectivity index (χ1n) is 7.85. The third kappa shape index (κ3) is 3.45. The Morgan fingerprint density at radius 1 is 1.08 bits per heavy atom. The van der Waals surface area contributed by atoms with E-state index in [9.17, 15) is 4.79 Å². The number of nitrogens with zero attached hydrogens (tertiary/aromatic N) is 2. The van der Waals surface area contributed by atoms with Gasteiger partial charge in [-0.25, -0.2) is 9.97 Å². The largest absolute Gasteiger partial charge is 0.302 e.